The lowest BCUT2D eigenvalue weighted by Gasteiger charge is -1.99. The fraction of sp³-hybridized carbons (Fsp3) is 0.571. The fourth-order valence-electron chi connectivity index (χ4n) is 1.27. The zero-order chi connectivity index (χ0) is 8.39. The van der Waals surface area contributed by atoms with Crippen LogP contribution in [0.4, 0.5) is 0 Å². The van der Waals surface area contributed by atoms with Gasteiger partial charge in [-0.15, -0.1) is 0 Å². The summed E-state index contributed by atoms with van der Waals surface area (Å²) >= 11 is 0. The number of aromatic nitrogens is 3. The summed E-state index contributed by atoms with van der Waals surface area (Å²) in [5.41, 5.74) is 0. The number of hydrogen-bond acceptors (Lipinski definition) is 4. The lowest BCUT2D eigenvalue weighted by Crippen LogP contribution is -1.99. The number of carbonyl (C=O) groups is 1. The van der Waals surface area contributed by atoms with Crippen LogP contribution in [0.2, 0.25) is 0 Å². The molecule has 0 amide bonds. The van der Waals surface area contributed by atoms with Crippen LogP contribution in [0.1, 0.15) is 28.8 Å². The van der Waals surface area contributed by atoms with Crippen molar-refractivity contribution in [3.8, 4) is 0 Å². The highest BCUT2D eigenvalue weighted by Gasteiger charge is 2.20. The summed E-state index contributed by atoms with van der Waals surface area (Å²) in [7, 11) is 0. The zero-order valence-electron chi connectivity index (χ0n) is 6.49. The van der Waals surface area contributed by atoms with Gasteiger partial charge in [0.2, 0.25) is 5.82 Å². The summed E-state index contributed by atoms with van der Waals surface area (Å²) in [6, 6.07) is 0. The van der Waals surface area contributed by atoms with Crippen molar-refractivity contribution in [1.82, 2.24) is 15.2 Å². The molecule has 1 aliphatic rings. The van der Waals surface area contributed by atoms with Gasteiger partial charge in [-0.3, -0.25) is 9.89 Å². The van der Waals surface area contributed by atoms with E-state index in [4.69, 9.17) is 4.74 Å². The molecule has 0 bridgehead atoms. The molecule has 1 aromatic heterocycles. The maximum atomic E-state index is 10.3. The Balaban J connectivity index is 2.16. The maximum absolute atomic E-state index is 10.3. The summed E-state index contributed by atoms with van der Waals surface area (Å²) in [6.45, 7) is 1.44. The molecule has 0 aliphatic carbocycles. The Morgan fingerprint density at radius 3 is 3.17 bits per heavy atom. The molecule has 1 unspecified atom stereocenters. The number of hydrogen-bond donors (Lipinski definition) is 1. The molecular weight excluding hydrogens is 158 g/mol. The van der Waals surface area contributed by atoms with Gasteiger partial charge in [0.05, 0.1) is 6.61 Å². The third kappa shape index (κ3) is 1.23. The smallest absolute Gasteiger partial charge is 0.214 e. The average Bonchev–Trinajstić information content (AvgIpc) is 2.75. The van der Waals surface area contributed by atoms with Gasteiger partial charge in [-0.05, 0) is 6.42 Å². The summed E-state index contributed by atoms with van der Waals surface area (Å²) < 4.78 is 5.18. The molecule has 1 aromatic rings. The van der Waals surface area contributed by atoms with E-state index in [2.05, 4.69) is 15.2 Å². The molecule has 64 valence electrons. The van der Waals surface area contributed by atoms with Gasteiger partial charge in [0.1, 0.15) is 5.82 Å². The SMILES string of the molecule is O=Cc1n[nH]c(C2CCOC2)n1. The standard InChI is InChI=1S/C7H9N3O2/c11-3-6-8-7(10-9-6)5-1-2-12-4-5/h3,5H,1-2,4H2,(H,8,9,10). The first-order chi connectivity index (χ1) is 5.90. The van der Waals surface area contributed by atoms with Gasteiger partial charge >= 0.3 is 0 Å². The van der Waals surface area contributed by atoms with E-state index in [1.165, 1.54) is 0 Å². The van der Waals surface area contributed by atoms with Crippen molar-refractivity contribution >= 4 is 6.29 Å². The van der Waals surface area contributed by atoms with E-state index in [9.17, 15) is 4.79 Å². The van der Waals surface area contributed by atoms with Gasteiger partial charge in [-0.25, -0.2) is 4.98 Å². The number of nitrogens with one attached hydrogen (secondary N) is 1. The number of aromatic amines is 1. The van der Waals surface area contributed by atoms with Crippen molar-refractivity contribution < 1.29 is 9.53 Å². The molecule has 12 heavy (non-hydrogen) atoms. The Hall–Kier alpha value is -1.23. The predicted octanol–water partition coefficient (Wildman–Crippen LogP) is 0.121. The monoisotopic (exact) mass is 167 g/mol. The van der Waals surface area contributed by atoms with Gasteiger partial charge in [0.25, 0.3) is 0 Å². The molecule has 1 atom stereocenters. The Morgan fingerprint density at radius 2 is 2.58 bits per heavy atom. The molecule has 1 N–H and O–H groups in total. The van der Waals surface area contributed by atoms with Crippen molar-refractivity contribution in [3.63, 3.8) is 0 Å². The number of carbonyl (C=O) groups excluding carboxylic acids is 1. The molecule has 5 heteroatoms. The lowest BCUT2D eigenvalue weighted by molar-refractivity contribution is 0.111. The number of nitrogens with zero attached hydrogens (tertiary/aromatic N) is 2. The van der Waals surface area contributed by atoms with E-state index in [0.717, 1.165) is 18.9 Å². The molecular formula is C7H9N3O2. The second kappa shape index (κ2) is 3.02. The third-order valence-corrected chi connectivity index (χ3v) is 1.94. The van der Waals surface area contributed by atoms with Crippen molar-refractivity contribution in [2.75, 3.05) is 13.2 Å². The topological polar surface area (TPSA) is 67.9 Å². The van der Waals surface area contributed by atoms with Gasteiger partial charge in [0.15, 0.2) is 6.29 Å². The lowest BCUT2D eigenvalue weighted by atomic mass is 10.1. The van der Waals surface area contributed by atoms with E-state index in [1.807, 2.05) is 0 Å². The van der Waals surface area contributed by atoms with Crippen LogP contribution < -0.4 is 0 Å². The highest BCUT2D eigenvalue weighted by atomic mass is 16.5. The van der Waals surface area contributed by atoms with Crippen LogP contribution in [0.5, 0.6) is 0 Å². The quantitative estimate of drug-likeness (QED) is 0.635. The van der Waals surface area contributed by atoms with Gasteiger partial charge in [-0.1, -0.05) is 0 Å². The number of rotatable bonds is 2. The highest BCUT2D eigenvalue weighted by molar-refractivity contribution is 5.68. The largest absolute Gasteiger partial charge is 0.381 e. The van der Waals surface area contributed by atoms with Crippen LogP contribution in [0.15, 0.2) is 0 Å². The molecule has 1 aliphatic heterocycles. The molecule has 0 radical (unpaired) electrons. The van der Waals surface area contributed by atoms with Gasteiger partial charge < -0.3 is 4.74 Å². The van der Waals surface area contributed by atoms with Crippen LogP contribution in [0.3, 0.4) is 0 Å². The van der Waals surface area contributed by atoms with E-state index in [0.29, 0.717) is 12.9 Å². The molecule has 5 nitrogen and oxygen atoms in total. The van der Waals surface area contributed by atoms with E-state index in [1.54, 1.807) is 0 Å². The van der Waals surface area contributed by atoms with E-state index < -0.39 is 0 Å². The van der Waals surface area contributed by atoms with Crippen LogP contribution >= 0.6 is 0 Å². The minimum absolute atomic E-state index is 0.219. The second-order valence-corrected chi connectivity index (χ2v) is 2.76. The molecule has 0 saturated carbocycles. The Morgan fingerprint density at radius 1 is 1.67 bits per heavy atom. The molecule has 1 saturated heterocycles. The van der Waals surface area contributed by atoms with Crippen LogP contribution in [0.25, 0.3) is 0 Å². The Bertz CT molecular complexity index is 278. The van der Waals surface area contributed by atoms with E-state index >= 15 is 0 Å². The average molecular weight is 167 g/mol. The summed E-state index contributed by atoms with van der Waals surface area (Å²) in [5, 5.41) is 6.45. The fourth-order valence-corrected chi connectivity index (χ4v) is 1.27. The van der Waals surface area contributed by atoms with Crippen LogP contribution in [0, 0.1) is 0 Å². The van der Waals surface area contributed by atoms with Crippen LogP contribution in [-0.4, -0.2) is 34.7 Å². The van der Waals surface area contributed by atoms with E-state index in [-0.39, 0.29) is 11.7 Å². The zero-order valence-corrected chi connectivity index (χ0v) is 6.49. The molecule has 0 spiro atoms. The normalized spacial score (nSPS) is 22.8. The Kier molecular flexibility index (Phi) is 1.87. The van der Waals surface area contributed by atoms with Crippen LogP contribution in [-0.2, 0) is 4.74 Å². The molecule has 0 aromatic carbocycles. The van der Waals surface area contributed by atoms with Crippen molar-refractivity contribution in [1.29, 1.82) is 0 Å². The van der Waals surface area contributed by atoms with Crippen molar-refractivity contribution in [2.45, 2.75) is 12.3 Å². The first kappa shape index (κ1) is 7.42. The molecule has 1 fully saturated rings. The number of H-pyrrole nitrogens is 1. The molecule has 2 heterocycles. The maximum Gasteiger partial charge on any atom is 0.214 e. The summed E-state index contributed by atoms with van der Waals surface area (Å²) in [5.74, 6) is 1.26. The predicted molar refractivity (Wildman–Crippen MR) is 39.9 cm³/mol. The summed E-state index contributed by atoms with van der Waals surface area (Å²) in [4.78, 5) is 14.3. The van der Waals surface area contributed by atoms with Crippen molar-refractivity contribution in [2.24, 2.45) is 0 Å². The second-order valence-electron chi connectivity index (χ2n) is 2.76. The first-order valence-electron chi connectivity index (χ1n) is 3.85. The molecule has 2 rings (SSSR count). The first-order valence-corrected chi connectivity index (χ1v) is 3.85. The number of aldehydes is 1. The van der Waals surface area contributed by atoms with Gasteiger partial charge in [-0.2, -0.15) is 5.10 Å². The minimum Gasteiger partial charge on any atom is -0.381 e. The minimum atomic E-state index is 0.219. The number of ether oxygens (including phenoxy) is 1. The van der Waals surface area contributed by atoms with Gasteiger partial charge in [0, 0.05) is 12.5 Å². The highest BCUT2D eigenvalue weighted by Crippen LogP contribution is 2.21. The Labute approximate surface area is 69.1 Å². The third-order valence-electron chi connectivity index (χ3n) is 1.94. The summed E-state index contributed by atoms with van der Waals surface area (Å²) in [6.07, 6.45) is 1.59. The van der Waals surface area contributed by atoms with Crippen molar-refractivity contribution in [3.05, 3.63) is 11.6 Å².